The molecule has 1 amide bonds. The number of carbonyl (C=O) groups is 1. The predicted octanol–water partition coefficient (Wildman–Crippen LogP) is 2.39. The molecule has 0 aromatic carbocycles. The second-order valence-electron chi connectivity index (χ2n) is 6.16. The Bertz CT molecular complexity index is 383. The van der Waals surface area contributed by atoms with Crippen LogP contribution >= 0.6 is 0 Å². The summed E-state index contributed by atoms with van der Waals surface area (Å²) in [6, 6.07) is 0.169. The molecule has 5 nitrogen and oxygen atoms in total. The van der Waals surface area contributed by atoms with E-state index in [-0.39, 0.29) is 12.6 Å². The van der Waals surface area contributed by atoms with E-state index in [2.05, 4.69) is 29.5 Å². The zero-order chi connectivity index (χ0) is 18.0. The summed E-state index contributed by atoms with van der Waals surface area (Å²) >= 11 is 0. The molecule has 0 rings (SSSR count). The van der Waals surface area contributed by atoms with Gasteiger partial charge in [0.2, 0.25) is 5.91 Å². The van der Waals surface area contributed by atoms with Gasteiger partial charge in [0, 0.05) is 20.1 Å². The van der Waals surface area contributed by atoms with Gasteiger partial charge in [0.15, 0.2) is 5.96 Å². The Hall–Kier alpha value is -1.47. The van der Waals surface area contributed by atoms with Crippen molar-refractivity contribution in [1.29, 1.82) is 0 Å². The summed E-state index contributed by atoms with van der Waals surface area (Å²) in [5.74, 6) is 0.426. The van der Waals surface area contributed by atoms with Gasteiger partial charge in [-0.1, -0.05) is 26.7 Å². The van der Waals surface area contributed by atoms with Crippen molar-refractivity contribution in [1.82, 2.24) is 15.5 Å². The van der Waals surface area contributed by atoms with Crippen molar-refractivity contribution >= 4 is 11.9 Å². The van der Waals surface area contributed by atoms with Crippen molar-refractivity contribution in [3.05, 3.63) is 0 Å². The fourth-order valence-corrected chi connectivity index (χ4v) is 1.98. The first-order chi connectivity index (χ1) is 10.5. The highest BCUT2D eigenvalue weighted by Crippen LogP contribution is 2.15. The van der Waals surface area contributed by atoms with Crippen LogP contribution in [0.5, 0.6) is 0 Å². The smallest absolute Gasteiger partial charge is 0.354 e. The minimum absolute atomic E-state index is 0.169. The molecule has 0 aromatic heterocycles. The third kappa shape index (κ3) is 11.7. The highest BCUT2D eigenvalue weighted by molar-refractivity contribution is 5.86. The normalized spacial score (nSPS) is 13.9. The number of carbonyl (C=O) groups excluding carboxylic acids is 1. The lowest BCUT2D eigenvalue weighted by molar-refractivity contribution is -0.157. The molecular formula is C15H29F3N4O. The largest absolute Gasteiger partial charge is 0.406 e. The number of guanidine groups is 1. The van der Waals surface area contributed by atoms with Gasteiger partial charge in [0.1, 0.15) is 6.54 Å². The van der Waals surface area contributed by atoms with E-state index in [1.165, 1.54) is 0 Å². The van der Waals surface area contributed by atoms with Gasteiger partial charge < -0.3 is 15.5 Å². The minimum atomic E-state index is -4.39. The molecule has 0 fully saturated rings. The first-order valence-electron chi connectivity index (χ1n) is 7.83. The van der Waals surface area contributed by atoms with E-state index in [1.807, 2.05) is 6.92 Å². The molecule has 2 N–H and O–H groups in total. The van der Waals surface area contributed by atoms with Crippen LogP contribution in [-0.2, 0) is 4.79 Å². The van der Waals surface area contributed by atoms with Crippen molar-refractivity contribution in [3.8, 4) is 0 Å². The number of hydrogen-bond acceptors (Lipinski definition) is 2. The summed E-state index contributed by atoms with van der Waals surface area (Å²) in [4.78, 5) is 16.3. The van der Waals surface area contributed by atoms with Crippen LogP contribution in [0.2, 0.25) is 0 Å². The Morgan fingerprint density at radius 3 is 2.30 bits per heavy atom. The van der Waals surface area contributed by atoms with Crippen LogP contribution in [0.3, 0.4) is 0 Å². The second-order valence-corrected chi connectivity index (χ2v) is 6.16. The van der Waals surface area contributed by atoms with Gasteiger partial charge in [-0.15, -0.1) is 0 Å². The summed E-state index contributed by atoms with van der Waals surface area (Å²) in [5.41, 5.74) is 0. The van der Waals surface area contributed by atoms with E-state index in [0.717, 1.165) is 26.3 Å². The number of amides is 1. The van der Waals surface area contributed by atoms with Gasteiger partial charge in [-0.3, -0.25) is 9.79 Å². The molecule has 8 heteroatoms. The second kappa shape index (κ2) is 10.3. The molecule has 0 spiro atoms. The van der Waals surface area contributed by atoms with Gasteiger partial charge in [-0.2, -0.15) is 13.2 Å². The van der Waals surface area contributed by atoms with Crippen LogP contribution in [0.25, 0.3) is 0 Å². The fourth-order valence-electron chi connectivity index (χ4n) is 1.98. The molecule has 0 aliphatic heterocycles. The Morgan fingerprint density at radius 1 is 1.22 bits per heavy atom. The Morgan fingerprint density at radius 2 is 1.83 bits per heavy atom. The summed E-state index contributed by atoms with van der Waals surface area (Å²) in [6.45, 7) is 4.85. The molecule has 0 aromatic rings. The molecule has 0 heterocycles. The van der Waals surface area contributed by atoms with Gasteiger partial charge in [0.25, 0.3) is 0 Å². The average Bonchev–Trinajstić information content (AvgIpc) is 2.40. The third-order valence-electron chi connectivity index (χ3n) is 3.27. The van der Waals surface area contributed by atoms with Gasteiger partial charge >= 0.3 is 6.18 Å². The van der Waals surface area contributed by atoms with E-state index in [4.69, 9.17) is 0 Å². The van der Waals surface area contributed by atoms with E-state index in [0.29, 0.717) is 16.8 Å². The first kappa shape index (κ1) is 21.5. The molecule has 136 valence electrons. The van der Waals surface area contributed by atoms with E-state index in [9.17, 15) is 18.0 Å². The standard InChI is InChI=1S/C15H29F3N4O/c1-11(2)7-6-8-12(3)21-14(19-4)20-9-13(23)22(5)10-15(16,17)18/h11-12H,6-10H2,1-5H3,(H2,19,20,21). The Kier molecular flexibility index (Phi) is 9.67. The monoisotopic (exact) mass is 338 g/mol. The number of alkyl halides is 3. The summed E-state index contributed by atoms with van der Waals surface area (Å²) in [7, 11) is 2.68. The van der Waals surface area contributed by atoms with Crippen LogP contribution in [0.4, 0.5) is 13.2 Å². The maximum atomic E-state index is 12.2. The average molecular weight is 338 g/mol. The number of likely N-dealkylation sites (N-methyl/N-ethyl adjacent to an activating group) is 1. The van der Waals surface area contributed by atoms with Crippen molar-refractivity contribution < 1.29 is 18.0 Å². The maximum absolute atomic E-state index is 12.2. The number of aliphatic imine (C=N–C) groups is 1. The first-order valence-corrected chi connectivity index (χ1v) is 7.83. The number of hydrogen-bond donors (Lipinski definition) is 2. The summed E-state index contributed by atoms with van der Waals surface area (Å²) < 4.78 is 36.7. The molecule has 0 saturated carbocycles. The van der Waals surface area contributed by atoms with Crippen LogP contribution < -0.4 is 10.6 Å². The summed E-state index contributed by atoms with van der Waals surface area (Å²) in [5, 5.41) is 5.88. The van der Waals surface area contributed by atoms with E-state index in [1.54, 1.807) is 7.05 Å². The number of nitrogens with one attached hydrogen (secondary N) is 2. The molecule has 23 heavy (non-hydrogen) atoms. The fraction of sp³-hybridized carbons (Fsp3) is 0.867. The number of rotatable bonds is 8. The lowest BCUT2D eigenvalue weighted by Gasteiger charge is -2.21. The van der Waals surface area contributed by atoms with Crippen molar-refractivity contribution in [2.75, 3.05) is 27.2 Å². The van der Waals surface area contributed by atoms with Crippen LogP contribution in [0, 0.1) is 5.92 Å². The molecule has 0 saturated heterocycles. The molecule has 1 atom stereocenters. The highest BCUT2D eigenvalue weighted by Gasteiger charge is 2.31. The zero-order valence-corrected chi connectivity index (χ0v) is 14.6. The maximum Gasteiger partial charge on any atom is 0.406 e. The molecule has 0 radical (unpaired) electrons. The number of halogens is 3. The lowest BCUT2D eigenvalue weighted by Crippen LogP contribution is -2.47. The number of nitrogens with zero attached hydrogens (tertiary/aromatic N) is 2. The molecule has 1 unspecified atom stereocenters. The molecule has 0 aliphatic rings. The Labute approximate surface area is 136 Å². The van der Waals surface area contributed by atoms with Crippen LogP contribution in [0.1, 0.15) is 40.0 Å². The predicted molar refractivity (Wildman–Crippen MR) is 86.3 cm³/mol. The van der Waals surface area contributed by atoms with E-state index >= 15 is 0 Å². The van der Waals surface area contributed by atoms with Crippen molar-refractivity contribution in [2.24, 2.45) is 10.9 Å². The topological polar surface area (TPSA) is 56.7 Å². The van der Waals surface area contributed by atoms with E-state index < -0.39 is 18.6 Å². The quantitative estimate of drug-likeness (QED) is 0.528. The Balaban J connectivity index is 4.17. The molecule has 0 bridgehead atoms. The molecular weight excluding hydrogens is 309 g/mol. The van der Waals surface area contributed by atoms with Crippen molar-refractivity contribution in [3.63, 3.8) is 0 Å². The minimum Gasteiger partial charge on any atom is -0.354 e. The van der Waals surface area contributed by atoms with Crippen LogP contribution in [-0.4, -0.2) is 56.2 Å². The SMILES string of the molecule is CN=C(NCC(=O)N(C)CC(F)(F)F)NC(C)CCCC(C)C. The van der Waals surface area contributed by atoms with Crippen molar-refractivity contribution in [2.45, 2.75) is 52.3 Å². The third-order valence-corrected chi connectivity index (χ3v) is 3.27. The highest BCUT2D eigenvalue weighted by atomic mass is 19.4. The zero-order valence-electron chi connectivity index (χ0n) is 14.6. The van der Waals surface area contributed by atoms with Gasteiger partial charge in [0.05, 0.1) is 6.54 Å². The summed E-state index contributed by atoms with van der Waals surface area (Å²) in [6.07, 6.45) is -1.22. The van der Waals surface area contributed by atoms with Gasteiger partial charge in [-0.25, -0.2) is 0 Å². The lowest BCUT2D eigenvalue weighted by atomic mass is 10.0. The van der Waals surface area contributed by atoms with Gasteiger partial charge in [-0.05, 0) is 19.3 Å². The van der Waals surface area contributed by atoms with Crippen LogP contribution in [0.15, 0.2) is 4.99 Å². The molecule has 0 aliphatic carbocycles.